The molecule has 33 heavy (non-hydrogen) atoms. The van der Waals surface area contributed by atoms with Gasteiger partial charge in [-0.1, -0.05) is 0 Å². The number of aromatic nitrogens is 4. The van der Waals surface area contributed by atoms with E-state index in [1.807, 2.05) is 0 Å². The quantitative estimate of drug-likeness (QED) is 0.196. The van der Waals surface area contributed by atoms with Gasteiger partial charge < -0.3 is 61.4 Å². The molecule has 0 radical (unpaired) electrons. The van der Waals surface area contributed by atoms with Gasteiger partial charge in [-0.05, 0) is 0 Å². The first-order chi connectivity index (χ1) is 15.7. The Morgan fingerprint density at radius 3 is 2.24 bits per heavy atom. The molecule has 0 spiro atoms. The van der Waals surface area contributed by atoms with Gasteiger partial charge in [-0.2, -0.15) is 9.97 Å². The van der Waals surface area contributed by atoms with Crippen LogP contribution in [-0.4, -0.2) is 124 Å². The Labute approximate surface area is 185 Å². The lowest BCUT2D eigenvalue weighted by Crippen LogP contribution is -2.63. The third-order valence-electron chi connectivity index (χ3n) is 5.72. The van der Waals surface area contributed by atoms with Gasteiger partial charge in [0.1, 0.15) is 54.3 Å². The predicted molar refractivity (Wildman–Crippen MR) is 106 cm³/mol. The maximum atomic E-state index is 10.8. The molecule has 11 N–H and O–H groups in total. The summed E-state index contributed by atoms with van der Waals surface area (Å²) in [6.45, 7) is -1.38. The van der Waals surface area contributed by atoms with E-state index in [-0.39, 0.29) is 22.9 Å². The van der Waals surface area contributed by atoms with E-state index in [2.05, 4.69) is 15.0 Å². The largest absolute Gasteiger partial charge is 0.394 e. The molecule has 184 valence electrons. The number of anilines is 2. The summed E-state index contributed by atoms with van der Waals surface area (Å²) < 4.78 is 17.8. The smallest absolute Gasteiger partial charge is 0.224 e. The van der Waals surface area contributed by atoms with Crippen molar-refractivity contribution in [2.24, 2.45) is 0 Å². The predicted octanol–water partition coefficient (Wildman–Crippen LogP) is -5.21. The van der Waals surface area contributed by atoms with Crippen molar-refractivity contribution < 1.29 is 50.0 Å². The van der Waals surface area contributed by atoms with Crippen LogP contribution in [0.5, 0.6) is 0 Å². The Morgan fingerprint density at radius 2 is 1.58 bits per heavy atom. The second-order valence-electron chi connectivity index (χ2n) is 7.82. The first-order valence-electron chi connectivity index (χ1n) is 10.0. The molecule has 2 aromatic rings. The topological polar surface area (TPSA) is 265 Å². The maximum absolute atomic E-state index is 10.8. The zero-order chi connectivity index (χ0) is 24.0. The average Bonchev–Trinajstić information content (AvgIpc) is 3.21. The van der Waals surface area contributed by atoms with Crippen LogP contribution >= 0.6 is 0 Å². The van der Waals surface area contributed by atoms with E-state index >= 15 is 0 Å². The lowest BCUT2D eigenvalue weighted by Gasteiger charge is -2.46. The fourth-order valence-corrected chi connectivity index (χ4v) is 3.94. The van der Waals surface area contributed by atoms with Crippen LogP contribution in [0, 0.1) is 0 Å². The van der Waals surface area contributed by atoms with Gasteiger partial charge in [0, 0.05) is 0 Å². The molecule has 0 unspecified atom stereocenters. The van der Waals surface area contributed by atoms with Crippen LogP contribution in [0.25, 0.3) is 11.2 Å². The maximum Gasteiger partial charge on any atom is 0.224 e. The van der Waals surface area contributed by atoms with Gasteiger partial charge >= 0.3 is 0 Å². The highest BCUT2D eigenvalue weighted by atomic mass is 16.7. The lowest BCUT2D eigenvalue weighted by molar-refractivity contribution is -0.346. The third kappa shape index (κ3) is 4.10. The summed E-state index contributed by atoms with van der Waals surface area (Å²) in [7, 11) is 0. The Hall–Kier alpha value is -2.25. The highest BCUT2D eigenvalue weighted by molar-refractivity contribution is 5.82. The molecule has 10 atom stereocenters. The average molecular weight is 474 g/mol. The highest BCUT2D eigenvalue weighted by Gasteiger charge is 2.51. The number of aliphatic hydroxyl groups excluding tert-OH is 7. The van der Waals surface area contributed by atoms with Gasteiger partial charge in [-0.3, -0.25) is 4.57 Å². The van der Waals surface area contributed by atoms with Crippen LogP contribution in [0.2, 0.25) is 0 Å². The molecule has 16 heteroatoms. The number of aliphatic hydroxyl groups is 7. The molecule has 2 saturated heterocycles. The normalized spacial score (nSPS) is 39.7. The van der Waals surface area contributed by atoms with Crippen molar-refractivity contribution in [3.8, 4) is 0 Å². The molecule has 0 bridgehead atoms. The minimum absolute atomic E-state index is 0.00960. The van der Waals surface area contributed by atoms with Crippen molar-refractivity contribution in [3.05, 3.63) is 6.33 Å². The van der Waals surface area contributed by atoms with E-state index in [1.54, 1.807) is 0 Å². The first kappa shape index (κ1) is 23.9. The number of hydrogen-bond donors (Lipinski definition) is 9. The SMILES string of the molecule is Nc1nc(N)c2ncn([C@@H]3O[C@@H](CO)[C@@H](O[C@H]4O[C@@H](CO)[C@@H](O)[C@@H](O)[C@H]4O)[C@@H](O)[C@@H]3O)c2n1. The molecule has 4 heterocycles. The standard InChI is InChI=1S/C17H26N6O10/c18-13-6-14(22-17(19)21-13)23(3-20-6)15-10(29)9(28)12(5(2-25)31-15)33-16-11(30)8(27)7(26)4(1-24)32-16/h3-5,7-12,15-16,24-30H,1-2H2,(H4,18,19,21,22)/t4-,5-,7+,8+,9-,10-,11+,12+,15+,16+/m0/s1. The van der Waals surface area contributed by atoms with Crippen LogP contribution in [0.3, 0.4) is 0 Å². The van der Waals surface area contributed by atoms with Gasteiger partial charge in [0.2, 0.25) is 5.95 Å². The van der Waals surface area contributed by atoms with Crippen LogP contribution in [-0.2, 0) is 14.2 Å². The molecule has 0 aliphatic carbocycles. The van der Waals surface area contributed by atoms with Crippen LogP contribution in [0.1, 0.15) is 6.23 Å². The summed E-state index contributed by atoms with van der Waals surface area (Å²) in [6.07, 6.45) is -14.1. The zero-order valence-corrected chi connectivity index (χ0v) is 17.1. The first-order valence-corrected chi connectivity index (χ1v) is 10.0. The molecule has 16 nitrogen and oxygen atoms in total. The minimum atomic E-state index is -1.76. The second kappa shape index (κ2) is 9.18. The number of rotatable bonds is 5. The van der Waals surface area contributed by atoms with E-state index in [9.17, 15) is 35.7 Å². The lowest BCUT2D eigenvalue weighted by atomic mass is 9.96. The van der Waals surface area contributed by atoms with Gasteiger partial charge in [0.05, 0.1) is 19.5 Å². The highest BCUT2D eigenvalue weighted by Crippen LogP contribution is 2.34. The van der Waals surface area contributed by atoms with Crippen molar-refractivity contribution in [1.29, 1.82) is 0 Å². The van der Waals surface area contributed by atoms with Crippen LogP contribution < -0.4 is 11.5 Å². The van der Waals surface area contributed by atoms with E-state index in [4.69, 9.17) is 25.7 Å². The molecule has 2 aromatic heterocycles. The summed E-state index contributed by atoms with van der Waals surface area (Å²) in [6, 6.07) is 0. The molecule has 2 aliphatic rings. The Bertz CT molecular complexity index is 975. The molecule has 2 fully saturated rings. The number of ether oxygens (including phenoxy) is 3. The van der Waals surface area contributed by atoms with Gasteiger partial charge in [-0.15, -0.1) is 0 Å². The molecular weight excluding hydrogens is 448 g/mol. The van der Waals surface area contributed by atoms with E-state index in [0.29, 0.717) is 0 Å². The van der Waals surface area contributed by atoms with Crippen molar-refractivity contribution in [3.63, 3.8) is 0 Å². The van der Waals surface area contributed by atoms with Gasteiger partial charge in [-0.25, -0.2) is 4.98 Å². The number of nitrogens with zero attached hydrogens (tertiary/aromatic N) is 4. The fraction of sp³-hybridized carbons (Fsp3) is 0.706. The monoisotopic (exact) mass is 474 g/mol. The number of hydrogen-bond acceptors (Lipinski definition) is 15. The van der Waals surface area contributed by atoms with Crippen LogP contribution in [0.15, 0.2) is 6.33 Å². The molecule has 2 aliphatic heterocycles. The van der Waals surface area contributed by atoms with E-state index in [0.717, 1.165) is 0 Å². The molecule has 0 aromatic carbocycles. The van der Waals surface area contributed by atoms with Crippen molar-refractivity contribution in [2.75, 3.05) is 24.7 Å². The second-order valence-corrected chi connectivity index (χ2v) is 7.82. The molecule has 0 saturated carbocycles. The Morgan fingerprint density at radius 1 is 0.879 bits per heavy atom. The molecule has 0 amide bonds. The fourth-order valence-electron chi connectivity index (χ4n) is 3.94. The van der Waals surface area contributed by atoms with E-state index in [1.165, 1.54) is 10.9 Å². The zero-order valence-electron chi connectivity index (χ0n) is 17.1. The summed E-state index contributed by atoms with van der Waals surface area (Å²) >= 11 is 0. The summed E-state index contributed by atoms with van der Waals surface area (Å²) in [5.74, 6) is -0.167. The van der Waals surface area contributed by atoms with Crippen LogP contribution in [0.4, 0.5) is 11.8 Å². The van der Waals surface area contributed by atoms with Crippen molar-refractivity contribution >= 4 is 22.9 Å². The van der Waals surface area contributed by atoms with Gasteiger partial charge in [0.15, 0.2) is 24.0 Å². The number of fused-ring (bicyclic) bond motifs is 1. The summed E-state index contributed by atoms with van der Waals surface area (Å²) in [5, 5.41) is 70.7. The Kier molecular flexibility index (Phi) is 6.65. The number of nitrogen functional groups attached to an aromatic ring is 2. The van der Waals surface area contributed by atoms with Crippen molar-refractivity contribution in [2.45, 2.75) is 61.3 Å². The summed E-state index contributed by atoms with van der Waals surface area (Å²) in [5.41, 5.74) is 11.7. The van der Waals surface area contributed by atoms with E-state index < -0.39 is 74.6 Å². The Balaban J connectivity index is 1.58. The third-order valence-corrected chi connectivity index (χ3v) is 5.72. The number of imidazole rings is 1. The number of nitrogens with two attached hydrogens (primary N) is 2. The molecular formula is C17H26N6O10. The molecule has 4 rings (SSSR count). The van der Waals surface area contributed by atoms with Gasteiger partial charge in [0.25, 0.3) is 0 Å². The summed E-state index contributed by atoms with van der Waals surface area (Å²) in [4.78, 5) is 11.9. The van der Waals surface area contributed by atoms with Crippen molar-refractivity contribution in [1.82, 2.24) is 19.5 Å². The minimum Gasteiger partial charge on any atom is -0.394 e.